The Labute approximate surface area is 185 Å². The standard InChI is InChI=1S/C23H22ClN3O4/c1-30-20-12-17(22(28)26-18-9-5-8-16(10-18)13-25)11-19(21(20)24)27-23(29)31-14-15-6-3-2-4-7-15/h2-12H,13-14,25H2,1H3,(H,26,28)(H,27,29). The van der Waals surface area contributed by atoms with Gasteiger partial charge in [0.15, 0.2) is 0 Å². The first-order valence-corrected chi connectivity index (χ1v) is 9.83. The fraction of sp³-hybridized carbons (Fsp3) is 0.130. The van der Waals surface area contributed by atoms with Gasteiger partial charge in [0.05, 0.1) is 12.8 Å². The molecule has 0 heterocycles. The molecule has 0 aliphatic carbocycles. The highest BCUT2D eigenvalue weighted by molar-refractivity contribution is 6.35. The minimum atomic E-state index is -0.707. The summed E-state index contributed by atoms with van der Waals surface area (Å²) >= 11 is 6.31. The summed E-state index contributed by atoms with van der Waals surface area (Å²) in [6.07, 6.45) is -0.707. The van der Waals surface area contributed by atoms with Crippen molar-refractivity contribution in [3.05, 3.63) is 88.4 Å². The number of rotatable bonds is 7. The molecule has 7 nitrogen and oxygen atoms in total. The topological polar surface area (TPSA) is 103 Å². The Morgan fingerprint density at radius 1 is 0.968 bits per heavy atom. The van der Waals surface area contributed by atoms with Crippen LogP contribution in [-0.4, -0.2) is 19.1 Å². The van der Waals surface area contributed by atoms with E-state index in [-0.39, 0.29) is 28.6 Å². The Morgan fingerprint density at radius 3 is 2.42 bits per heavy atom. The molecule has 31 heavy (non-hydrogen) atoms. The van der Waals surface area contributed by atoms with Crippen LogP contribution in [0.2, 0.25) is 5.02 Å². The maximum Gasteiger partial charge on any atom is 0.412 e. The van der Waals surface area contributed by atoms with Gasteiger partial charge in [-0.15, -0.1) is 0 Å². The van der Waals surface area contributed by atoms with Crippen molar-refractivity contribution in [2.75, 3.05) is 17.7 Å². The largest absolute Gasteiger partial charge is 0.495 e. The molecule has 0 spiro atoms. The van der Waals surface area contributed by atoms with Crippen molar-refractivity contribution < 1.29 is 19.1 Å². The van der Waals surface area contributed by atoms with Crippen LogP contribution < -0.4 is 21.1 Å². The van der Waals surface area contributed by atoms with Crippen LogP contribution in [0, 0.1) is 0 Å². The van der Waals surface area contributed by atoms with Crippen LogP contribution in [0.1, 0.15) is 21.5 Å². The second-order valence-electron chi connectivity index (χ2n) is 6.59. The summed E-state index contributed by atoms with van der Waals surface area (Å²) in [5.74, 6) is -0.159. The van der Waals surface area contributed by atoms with Crippen molar-refractivity contribution >= 4 is 35.0 Å². The van der Waals surface area contributed by atoms with Gasteiger partial charge >= 0.3 is 6.09 Å². The highest BCUT2D eigenvalue weighted by atomic mass is 35.5. The number of anilines is 2. The van der Waals surface area contributed by atoms with Gasteiger partial charge in [-0.1, -0.05) is 54.1 Å². The van der Waals surface area contributed by atoms with Crippen molar-refractivity contribution in [2.45, 2.75) is 13.2 Å². The Bertz CT molecular complexity index is 1070. The number of nitrogens with one attached hydrogen (secondary N) is 2. The van der Waals surface area contributed by atoms with Gasteiger partial charge < -0.3 is 20.5 Å². The van der Waals surface area contributed by atoms with Gasteiger partial charge in [-0.25, -0.2) is 4.79 Å². The molecule has 0 unspecified atom stereocenters. The van der Waals surface area contributed by atoms with Gasteiger partial charge in [-0.2, -0.15) is 0 Å². The molecule has 0 saturated carbocycles. The second kappa shape index (κ2) is 10.5. The molecule has 0 bridgehead atoms. The summed E-state index contributed by atoms with van der Waals surface area (Å²) in [5, 5.41) is 5.51. The normalized spacial score (nSPS) is 10.3. The Balaban J connectivity index is 1.75. The van der Waals surface area contributed by atoms with Crippen molar-refractivity contribution in [3.8, 4) is 5.75 Å². The van der Waals surface area contributed by atoms with Gasteiger partial charge in [-0.05, 0) is 35.4 Å². The molecular formula is C23H22ClN3O4. The predicted molar refractivity (Wildman–Crippen MR) is 121 cm³/mol. The van der Waals surface area contributed by atoms with E-state index in [0.717, 1.165) is 11.1 Å². The molecule has 4 N–H and O–H groups in total. The van der Waals surface area contributed by atoms with Gasteiger partial charge in [0.25, 0.3) is 5.91 Å². The molecule has 0 atom stereocenters. The molecule has 0 aliphatic heterocycles. The fourth-order valence-electron chi connectivity index (χ4n) is 2.82. The van der Waals surface area contributed by atoms with Crippen LogP contribution in [0.25, 0.3) is 0 Å². The van der Waals surface area contributed by atoms with E-state index in [0.29, 0.717) is 12.2 Å². The van der Waals surface area contributed by atoms with Crippen LogP contribution in [0.3, 0.4) is 0 Å². The molecule has 0 fully saturated rings. The third kappa shape index (κ3) is 5.97. The highest BCUT2D eigenvalue weighted by Gasteiger charge is 2.17. The third-order valence-electron chi connectivity index (χ3n) is 4.39. The van der Waals surface area contributed by atoms with Gasteiger partial charge in [-0.3, -0.25) is 10.1 Å². The van der Waals surface area contributed by atoms with E-state index in [1.54, 1.807) is 18.2 Å². The van der Waals surface area contributed by atoms with Crippen molar-refractivity contribution in [2.24, 2.45) is 5.73 Å². The molecule has 160 valence electrons. The summed E-state index contributed by atoms with van der Waals surface area (Å²) in [4.78, 5) is 25.0. The zero-order valence-electron chi connectivity index (χ0n) is 16.9. The number of carbonyl (C=O) groups excluding carboxylic acids is 2. The summed E-state index contributed by atoms with van der Waals surface area (Å²) < 4.78 is 10.5. The molecule has 0 aliphatic rings. The molecule has 0 aromatic heterocycles. The second-order valence-corrected chi connectivity index (χ2v) is 6.96. The Morgan fingerprint density at radius 2 is 1.71 bits per heavy atom. The third-order valence-corrected chi connectivity index (χ3v) is 4.78. The fourth-order valence-corrected chi connectivity index (χ4v) is 3.05. The lowest BCUT2D eigenvalue weighted by Crippen LogP contribution is -2.16. The van der Waals surface area contributed by atoms with Crippen molar-refractivity contribution in [3.63, 3.8) is 0 Å². The van der Waals surface area contributed by atoms with Gasteiger partial charge in [0.1, 0.15) is 17.4 Å². The van der Waals surface area contributed by atoms with Gasteiger partial charge in [0.2, 0.25) is 0 Å². The Hall–Kier alpha value is -3.55. The average Bonchev–Trinajstić information content (AvgIpc) is 2.79. The molecule has 0 radical (unpaired) electrons. The van der Waals surface area contributed by atoms with Crippen molar-refractivity contribution in [1.29, 1.82) is 0 Å². The van der Waals surface area contributed by atoms with Crippen LogP contribution in [0.4, 0.5) is 16.2 Å². The highest BCUT2D eigenvalue weighted by Crippen LogP contribution is 2.34. The van der Waals surface area contributed by atoms with E-state index in [4.69, 9.17) is 26.8 Å². The Kier molecular flexibility index (Phi) is 7.48. The zero-order chi connectivity index (χ0) is 22.2. The van der Waals surface area contributed by atoms with E-state index >= 15 is 0 Å². The number of amides is 2. The monoisotopic (exact) mass is 439 g/mol. The molecule has 3 aromatic carbocycles. The van der Waals surface area contributed by atoms with Crippen LogP contribution in [0.15, 0.2) is 66.7 Å². The number of ether oxygens (including phenoxy) is 2. The quantitative estimate of drug-likeness (QED) is 0.490. The SMILES string of the molecule is COc1cc(C(=O)Nc2cccc(CN)c2)cc(NC(=O)OCc2ccccc2)c1Cl. The smallest absolute Gasteiger partial charge is 0.412 e. The molecule has 3 aromatic rings. The minimum Gasteiger partial charge on any atom is -0.495 e. The van der Waals surface area contributed by atoms with E-state index in [9.17, 15) is 9.59 Å². The lowest BCUT2D eigenvalue weighted by molar-refractivity contribution is 0.102. The average molecular weight is 440 g/mol. The summed E-state index contributed by atoms with van der Waals surface area (Å²) in [5.41, 5.74) is 8.41. The van der Waals surface area contributed by atoms with E-state index < -0.39 is 12.0 Å². The van der Waals surface area contributed by atoms with E-state index in [1.165, 1.54) is 19.2 Å². The number of methoxy groups -OCH3 is 1. The van der Waals surface area contributed by atoms with Crippen molar-refractivity contribution in [1.82, 2.24) is 0 Å². The molecule has 3 rings (SSSR count). The number of halogens is 1. The maximum atomic E-state index is 12.8. The molecule has 0 saturated heterocycles. The van der Waals surface area contributed by atoms with Crippen LogP contribution >= 0.6 is 11.6 Å². The molecule has 2 amide bonds. The number of hydrogen-bond acceptors (Lipinski definition) is 5. The minimum absolute atomic E-state index is 0.0963. The van der Waals surface area contributed by atoms with E-state index in [2.05, 4.69) is 10.6 Å². The van der Waals surface area contributed by atoms with E-state index in [1.807, 2.05) is 36.4 Å². The summed E-state index contributed by atoms with van der Waals surface area (Å²) in [7, 11) is 1.42. The van der Waals surface area contributed by atoms with Gasteiger partial charge in [0, 0.05) is 17.8 Å². The molecular weight excluding hydrogens is 418 g/mol. The first kappa shape index (κ1) is 22.1. The predicted octanol–water partition coefficient (Wildman–Crippen LogP) is 4.81. The number of nitrogens with two attached hydrogens (primary N) is 1. The number of benzene rings is 3. The zero-order valence-corrected chi connectivity index (χ0v) is 17.6. The first-order chi connectivity index (χ1) is 15.0. The number of carbonyl (C=O) groups is 2. The lowest BCUT2D eigenvalue weighted by atomic mass is 10.1. The lowest BCUT2D eigenvalue weighted by Gasteiger charge is -2.14. The summed E-state index contributed by atoms with van der Waals surface area (Å²) in [6, 6.07) is 19.4. The summed E-state index contributed by atoms with van der Waals surface area (Å²) in [6.45, 7) is 0.455. The molecule has 8 heteroatoms. The van der Waals surface area contributed by atoms with Crippen LogP contribution in [-0.2, 0) is 17.9 Å². The first-order valence-electron chi connectivity index (χ1n) is 9.45. The number of hydrogen-bond donors (Lipinski definition) is 3. The van der Waals surface area contributed by atoms with Crippen LogP contribution in [0.5, 0.6) is 5.75 Å². The maximum absolute atomic E-state index is 12.8.